The Kier molecular flexibility index (Phi) is 21.4. The number of ether oxygens (including phenoxy) is 1. The van der Waals surface area contributed by atoms with Gasteiger partial charge >= 0.3 is 0 Å². The molecule has 1 amide bonds. The van der Waals surface area contributed by atoms with Gasteiger partial charge in [-0.3, -0.25) is 15.2 Å². The first-order chi connectivity index (χ1) is 20.7. The minimum Gasteiger partial charge on any atom is -0.457 e. The number of nitrogens with two attached hydrogens (primary N) is 1. The number of benzene rings is 2. The molecule has 0 unspecified atom stereocenters. The highest BCUT2D eigenvalue weighted by Crippen LogP contribution is 2.22. The van der Waals surface area contributed by atoms with Crippen molar-refractivity contribution in [2.45, 2.75) is 60.8 Å². The Hall–Kier alpha value is -3.97. The van der Waals surface area contributed by atoms with Crippen LogP contribution in [0.1, 0.15) is 66.4 Å². The predicted octanol–water partition coefficient (Wildman–Crippen LogP) is 7.80. The number of nitrogens with zero attached hydrogens (tertiary/aromatic N) is 2. The number of amides is 1. The van der Waals surface area contributed by atoms with Crippen molar-refractivity contribution in [3.8, 4) is 11.5 Å². The lowest BCUT2D eigenvalue weighted by molar-refractivity contribution is -0.127. The van der Waals surface area contributed by atoms with Crippen LogP contribution >= 0.6 is 0 Å². The summed E-state index contributed by atoms with van der Waals surface area (Å²) in [5.41, 5.74) is 9.19. The fourth-order valence-electron chi connectivity index (χ4n) is 4.21. The van der Waals surface area contributed by atoms with Gasteiger partial charge in [-0.25, -0.2) is 0 Å². The van der Waals surface area contributed by atoms with E-state index in [0.29, 0.717) is 29.4 Å². The molecule has 4 N–H and O–H groups in total. The molecule has 0 aromatic heterocycles. The number of hydrogen-bond donors (Lipinski definition) is 3. The highest BCUT2D eigenvalue weighted by molar-refractivity contribution is 6.28. The third-order valence-corrected chi connectivity index (χ3v) is 6.07. The molecule has 3 rings (SSSR count). The van der Waals surface area contributed by atoms with E-state index >= 15 is 0 Å². The van der Waals surface area contributed by atoms with Crippen LogP contribution in [-0.4, -0.2) is 55.5 Å². The standard InChI is InChI=1S/C20H23N3O.C11H20N2O.C3H8.C2H4/c1-4-23-15(3)19(14(2)21)20(22)16-10-12-18(13-11-16)24-17-8-6-5-7-9-17;1-10-5-4-8-13(9-10)11(14)6-3-7-12-2;1-3-2;1-2/h5-13,22H,4,21H2,1-3H3;3,6,10,12H,4-5,7-9H2,1-2H3;3H2,1-2H3;1-2H2/b19-14-,22-20?,23-15?;6-3+;;/t;10-;;/m.1../s1. The van der Waals surface area contributed by atoms with Crippen LogP contribution in [0.2, 0.25) is 0 Å². The predicted molar refractivity (Wildman–Crippen MR) is 186 cm³/mol. The fraction of sp³-hybridized carbons (Fsp3) is 0.417. The highest BCUT2D eigenvalue weighted by atomic mass is 16.5. The molecule has 1 atom stereocenters. The van der Waals surface area contributed by atoms with E-state index in [1.54, 1.807) is 13.0 Å². The summed E-state index contributed by atoms with van der Waals surface area (Å²) >= 11 is 0. The quantitative estimate of drug-likeness (QED) is 0.158. The first-order valence-electron chi connectivity index (χ1n) is 15.2. The lowest BCUT2D eigenvalue weighted by Gasteiger charge is -2.30. The molecule has 236 valence electrons. The fourth-order valence-corrected chi connectivity index (χ4v) is 4.21. The number of para-hydroxylation sites is 1. The van der Waals surface area contributed by atoms with Crippen molar-refractivity contribution in [2.24, 2.45) is 16.6 Å². The SMILES string of the molecule is C=C.CCC.CCN=C(C)/C(C(=N)c1ccc(Oc2ccccc2)cc1)=C(\C)N.CNC/C=C/C(=O)N1CCC[C@@H](C)C1. The minimum atomic E-state index is 0.159. The van der Waals surface area contributed by atoms with Crippen LogP contribution < -0.4 is 15.8 Å². The van der Waals surface area contributed by atoms with E-state index in [9.17, 15) is 4.79 Å². The van der Waals surface area contributed by atoms with Gasteiger partial charge in [-0.05, 0) is 83.0 Å². The van der Waals surface area contributed by atoms with Gasteiger partial charge in [-0.1, -0.05) is 51.5 Å². The molecular weight excluding hydrogens is 534 g/mol. The van der Waals surface area contributed by atoms with Crippen molar-refractivity contribution in [3.63, 3.8) is 0 Å². The lowest BCUT2D eigenvalue weighted by Crippen LogP contribution is -2.38. The molecule has 1 aliphatic heterocycles. The highest BCUT2D eigenvalue weighted by Gasteiger charge is 2.18. The van der Waals surface area contributed by atoms with Crippen molar-refractivity contribution >= 4 is 17.3 Å². The molecule has 1 saturated heterocycles. The molecule has 43 heavy (non-hydrogen) atoms. The molecule has 0 aliphatic carbocycles. The van der Waals surface area contributed by atoms with Gasteiger partial charge in [0.1, 0.15) is 11.5 Å². The topological polar surface area (TPSA) is 104 Å². The number of rotatable bonds is 9. The van der Waals surface area contributed by atoms with Gasteiger partial charge in [0.05, 0.1) is 5.71 Å². The van der Waals surface area contributed by atoms with E-state index in [-0.39, 0.29) is 5.91 Å². The molecule has 0 spiro atoms. The maximum absolute atomic E-state index is 11.6. The molecule has 0 radical (unpaired) electrons. The second-order valence-corrected chi connectivity index (χ2v) is 10.1. The van der Waals surface area contributed by atoms with Crippen LogP contribution in [0, 0.1) is 11.3 Å². The lowest BCUT2D eigenvalue weighted by atomic mass is 9.97. The third kappa shape index (κ3) is 15.7. The Labute approximate surface area is 261 Å². The first kappa shape index (κ1) is 39.0. The van der Waals surface area contributed by atoms with Gasteiger partial charge in [-0.15, -0.1) is 13.2 Å². The van der Waals surface area contributed by atoms with Gasteiger partial charge < -0.3 is 20.7 Å². The Morgan fingerprint density at radius 1 is 1.09 bits per heavy atom. The third-order valence-electron chi connectivity index (χ3n) is 6.07. The Balaban J connectivity index is 0.000000787. The van der Waals surface area contributed by atoms with Gasteiger partial charge in [0.25, 0.3) is 0 Å². The number of carbonyl (C=O) groups is 1. The molecule has 0 saturated carbocycles. The van der Waals surface area contributed by atoms with E-state index < -0.39 is 0 Å². The Morgan fingerprint density at radius 3 is 2.19 bits per heavy atom. The van der Waals surface area contributed by atoms with Crippen molar-refractivity contribution in [3.05, 3.63) is 96.7 Å². The largest absolute Gasteiger partial charge is 0.457 e. The number of allylic oxidation sites excluding steroid dienone is 2. The van der Waals surface area contributed by atoms with Crippen LogP contribution in [0.15, 0.2) is 96.2 Å². The maximum atomic E-state index is 11.6. The minimum absolute atomic E-state index is 0.159. The van der Waals surface area contributed by atoms with Gasteiger partial charge in [0, 0.05) is 54.8 Å². The van der Waals surface area contributed by atoms with E-state index in [1.165, 1.54) is 12.8 Å². The van der Waals surface area contributed by atoms with E-state index in [0.717, 1.165) is 48.8 Å². The summed E-state index contributed by atoms with van der Waals surface area (Å²) < 4.78 is 5.78. The van der Waals surface area contributed by atoms with Gasteiger partial charge in [-0.2, -0.15) is 0 Å². The molecule has 1 aliphatic rings. The van der Waals surface area contributed by atoms with E-state index in [1.807, 2.05) is 86.5 Å². The molecule has 1 fully saturated rings. The number of piperidine rings is 1. The van der Waals surface area contributed by atoms with Crippen LogP contribution in [-0.2, 0) is 4.79 Å². The zero-order valence-corrected chi connectivity index (χ0v) is 27.6. The van der Waals surface area contributed by atoms with Crippen LogP contribution in [0.3, 0.4) is 0 Å². The first-order valence-corrected chi connectivity index (χ1v) is 15.2. The summed E-state index contributed by atoms with van der Waals surface area (Å²) in [6.07, 6.45) is 7.20. The number of aliphatic imine (C=N–C) groups is 1. The summed E-state index contributed by atoms with van der Waals surface area (Å²) in [4.78, 5) is 18.0. The summed E-state index contributed by atoms with van der Waals surface area (Å²) in [5, 5.41) is 11.4. The van der Waals surface area contributed by atoms with Gasteiger partial charge in [0.15, 0.2) is 0 Å². The second-order valence-electron chi connectivity index (χ2n) is 10.1. The number of hydrogen-bond acceptors (Lipinski definition) is 6. The molecule has 1 heterocycles. The van der Waals surface area contributed by atoms with Crippen LogP contribution in [0.25, 0.3) is 0 Å². The normalized spacial score (nSPS) is 15.0. The zero-order valence-electron chi connectivity index (χ0n) is 27.6. The molecular formula is C36H55N5O2. The van der Waals surface area contributed by atoms with Crippen LogP contribution in [0.4, 0.5) is 0 Å². The summed E-state index contributed by atoms with van der Waals surface area (Å²) in [6.45, 7) is 21.4. The van der Waals surface area contributed by atoms with E-state index in [4.69, 9.17) is 15.9 Å². The molecule has 0 bridgehead atoms. The average molecular weight is 590 g/mol. The van der Waals surface area contributed by atoms with Crippen molar-refractivity contribution in [2.75, 3.05) is 33.2 Å². The molecule has 7 nitrogen and oxygen atoms in total. The monoisotopic (exact) mass is 589 g/mol. The molecule has 7 heteroatoms. The van der Waals surface area contributed by atoms with Crippen molar-refractivity contribution in [1.82, 2.24) is 10.2 Å². The van der Waals surface area contributed by atoms with Crippen molar-refractivity contribution < 1.29 is 9.53 Å². The summed E-state index contributed by atoms with van der Waals surface area (Å²) in [7, 11) is 1.87. The Bertz CT molecular complexity index is 1150. The number of likely N-dealkylation sites (tertiary alicyclic amines) is 1. The molecule has 2 aromatic rings. The average Bonchev–Trinajstić information content (AvgIpc) is 3.00. The van der Waals surface area contributed by atoms with Gasteiger partial charge in [0.2, 0.25) is 5.91 Å². The molecule has 2 aromatic carbocycles. The summed E-state index contributed by atoms with van der Waals surface area (Å²) in [6, 6.07) is 17.0. The van der Waals surface area contributed by atoms with Crippen molar-refractivity contribution in [1.29, 1.82) is 5.41 Å². The number of likely N-dealkylation sites (N-methyl/N-ethyl adjacent to an activating group) is 1. The van der Waals surface area contributed by atoms with E-state index in [2.05, 4.69) is 44.2 Å². The maximum Gasteiger partial charge on any atom is 0.246 e. The number of carbonyl (C=O) groups excluding carboxylic acids is 1. The smallest absolute Gasteiger partial charge is 0.246 e. The number of nitrogens with one attached hydrogen (secondary N) is 2. The van der Waals surface area contributed by atoms with Crippen LogP contribution in [0.5, 0.6) is 11.5 Å². The Morgan fingerprint density at radius 2 is 1.67 bits per heavy atom. The summed E-state index contributed by atoms with van der Waals surface area (Å²) in [5.74, 6) is 2.33. The second kappa shape index (κ2) is 23.6. The zero-order chi connectivity index (χ0) is 32.6.